The molecule has 14 heavy (non-hydrogen) atoms. The molecule has 0 fully saturated rings. The van der Waals surface area contributed by atoms with E-state index in [1.807, 2.05) is 0 Å². The first-order valence-electron chi connectivity index (χ1n) is 4.56. The third-order valence-electron chi connectivity index (χ3n) is 1.27. The van der Waals surface area contributed by atoms with Gasteiger partial charge in [0.2, 0.25) is 5.91 Å². The van der Waals surface area contributed by atoms with Crippen molar-refractivity contribution in [3.8, 4) is 0 Å². The van der Waals surface area contributed by atoms with Crippen molar-refractivity contribution < 1.29 is 14.3 Å². The molecule has 2 amide bonds. The average Bonchev–Trinajstić information content (AvgIpc) is 1.94. The van der Waals surface area contributed by atoms with Gasteiger partial charge in [0.1, 0.15) is 5.60 Å². The topological polar surface area (TPSA) is 81.4 Å². The van der Waals surface area contributed by atoms with Crippen molar-refractivity contribution in [2.45, 2.75) is 39.2 Å². The van der Waals surface area contributed by atoms with Crippen molar-refractivity contribution in [1.82, 2.24) is 5.32 Å². The fourth-order valence-electron chi connectivity index (χ4n) is 0.767. The van der Waals surface area contributed by atoms with Gasteiger partial charge >= 0.3 is 6.09 Å². The standard InChI is InChI=1S/C9H18N2O3/c1-9(2,3)14-8(13)11-6-4-5-7(10)12/h4-6H2,1-3H3,(H2,10,12)(H,11,13). The van der Waals surface area contributed by atoms with E-state index in [1.54, 1.807) is 20.8 Å². The summed E-state index contributed by atoms with van der Waals surface area (Å²) in [4.78, 5) is 21.4. The lowest BCUT2D eigenvalue weighted by Crippen LogP contribution is -2.33. The number of alkyl carbamates (subject to hydrolysis) is 1. The molecule has 0 saturated carbocycles. The molecule has 0 unspecified atom stereocenters. The van der Waals surface area contributed by atoms with Gasteiger partial charge in [-0.25, -0.2) is 4.79 Å². The molecule has 3 N–H and O–H groups in total. The lowest BCUT2D eigenvalue weighted by atomic mass is 10.2. The molecule has 0 heterocycles. The monoisotopic (exact) mass is 202 g/mol. The molecule has 0 aromatic heterocycles. The van der Waals surface area contributed by atoms with Gasteiger partial charge in [-0.3, -0.25) is 4.79 Å². The minimum atomic E-state index is -0.492. The zero-order valence-corrected chi connectivity index (χ0v) is 8.92. The van der Waals surface area contributed by atoms with Gasteiger partial charge in [-0.2, -0.15) is 0 Å². The highest BCUT2D eigenvalue weighted by atomic mass is 16.6. The summed E-state index contributed by atoms with van der Waals surface area (Å²) in [5, 5.41) is 2.53. The first kappa shape index (κ1) is 12.7. The molecule has 0 aromatic rings. The Kier molecular flexibility index (Phi) is 4.97. The molecule has 0 aliphatic carbocycles. The number of hydrogen-bond acceptors (Lipinski definition) is 3. The summed E-state index contributed by atoms with van der Waals surface area (Å²) in [7, 11) is 0. The van der Waals surface area contributed by atoms with E-state index < -0.39 is 11.7 Å². The number of carbonyl (C=O) groups excluding carboxylic acids is 2. The number of ether oxygens (including phenoxy) is 1. The minimum Gasteiger partial charge on any atom is -0.444 e. The van der Waals surface area contributed by atoms with Gasteiger partial charge in [0.25, 0.3) is 0 Å². The van der Waals surface area contributed by atoms with Crippen LogP contribution in [0.25, 0.3) is 0 Å². The Morgan fingerprint density at radius 2 is 1.93 bits per heavy atom. The van der Waals surface area contributed by atoms with Crippen LogP contribution >= 0.6 is 0 Å². The smallest absolute Gasteiger partial charge is 0.407 e. The highest BCUT2D eigenvalue weighted by Crippen LogP contribution is 2.06. The Morgan fingerprint density at radius 3 is 2.36 bits per heavy atom. The maximum Gasteiger partial charge on any atom is 0.407 e. The first-order chi connectivity index (χ1) is 6.31. The van der Waals surface area contributed by atoms with Crippen LogP contribution in [-0.4, -0.2) is 24.1 Å². The second-order valence-corrected chi connectivity index (χ2v) is 4.00. The summed E-state index contributed by atoms with van der Waals surface area (Å²) in [6, 6.07) is 0. The van der Waals surface area contributed by atoms with Gasteiger partial charge in [0.15, 0.2) is 0 Å². The Balaban J connectivity index is 3.50. The fraction of sp³-hybridized carbons (Fsp3) is 0.778. The maximum absolute atomic E-state index is 11.1. The summed E-state index contributed by atoms with van der Waals surface area (Å²) in [6.45, 7) is 5.76. The van der Waals surface area contributed by atoms with Crippen LogP contribution in [0.4, 0.5) is 4.79 Å². The molecular formula is C9H18N2O3. The van der Waals surface area contributed by atoms with Crippen molar-refractivity contribution >= 4 is 12.0 Å². The summed E-state index contributed by atoms with van der Waals surface area (Å²) in [5.74, 6) is -0.365. The van der Waals surface area contributed by atoms with E-state index in [4.69, 9.17) is 10.5 Å². The van der Waals surface area contributed by atoms with Crippen LogP contribution in [0, 0.1) is 0 Å². The van der Waals surface area contributed by atoms with E-state index >= 15 is 0 Å². The second kappa shape index (κ2) is 5.47. The van der Waals surface area contributed by atoms with Gasteiger partial charge in [0, 0.05) is 13.0 Å². The molecular weight excluding hydrogens is 184 g/mol. The molecule has 0 aliphatic rings. The van der Waals surface area contributed by atoms with E-state index in [2.05, 4.69) is 5.32 Å². The molecule has 0 bridgehead atoms. The third kappa shape index (κ3) is 8.83. The highest BCUT2D eigenvalue weighted by molar-refractivity contribution is 5.73. The molecule has 0 aliphatic heterocycles. The van der Waals surface area contributed by atoms with Gasteiger partial charge in [-0.1, -0.05) is 0 Å². The van der Waals surface area contributed by atoms with E-state index in [0.717, 1.165) is 0 Å². The predicted molar refractivity (Wildman–Crippen MR) is 52.7 cm³/mol. The lowest BCUT2D eigenvalue weighted by molar-refractivity contribution is -0.118. The van der Waals surface area contributed by atoms with Gasteiger partial charge in [-0.15, -0.1) is 0 Å². The Labute approximate surface area is 84.0 Å². The number of nitrogens with one attached hydrogen (secondary N) is 1. The zero-order chi connectivity index (χ0) is 11.2. The normalized spacial score (nSPS) is 10.8. The largest absolute Gasteiger partial charge is 0.444 e. The van der Waals surface area contributed by atoms with Gasteiger partial charge in [-0.05, 0) is 27.2 Å². The number of nitrogens with two attached hydrogens (primary N) is 1. The molecule has 0 aromatic carbocycles. The highest BCUT2D eigenvalue weighted by Gasteiger charge is 2.15. The molecule has 0 rings (SSSR count). The minimum absolute atomic E-state index is 0.274. The molecule has 0 atom stereocenters. The average molecular weight is 202 g/mol. The number of amides is 2. The van der Waals surface area contributed by atoms with Crippen molar-refractivity contribution in [2.24, 2.45) is 5.73 Å². The number of primary amides is 1. The molecule has 5 nitrogen and oxygen atoms in total. The first-order valence-corrected chi connectivity index (χ1v) is 4.56. The molecule has 0 radical (unpaired) electrons. The van der Waals surface area contributed by atoms with E-state index in [0.29, 0.717) is 13.0 Å². The number of carbonyl (C=O) groups is 2. The van der Waals surface area contributed by atoms with Crippen LogP contribution in [0.5, 0.6) is 0 Å². The summed E-state index contributed by atoms with van der Waals surface area (Å²) in [5.41, 5.74) is 4.44. The summed E-state index contributed by atoms with van der Waals surface area (Å²) < 4.78 is 4.98. The number of rotatable bonds is 4. The maximum atomic E-state index is 11.1. The van der Waals surface area contributed by atoms with Crippen LogP contribution in [0.2, 0.25) is 0 Å². The van der Waals surface area contributed by atoms with Gasteiger partial charge in [0.05, 0.1) is 0 Å². The van der Waals surface area contributed by atoms with Crippen molar-refractivity contribution in [1.29, 1.82) is 0 Å². The Hall–Kier alpha value is -1.26. The SMILES string of the molecule is CC(C)(C)OC(=O)NCCCC(N)=O. The van der Waals surface area contributed by atoms with Gasteiger partial charge < -0.3 is 15.8 Å². The zero-order valence-electron chi connectivity index (χ0n) is 8.92. The van der Waals surface area contributed by atoms with Crippen LogP contribution in [0.3, 0.4) is 0 Å². The second-order valence-electron chi connectivity index (χ2n) is 4.00. The van der Waals surface area contributed by atoms with E-state index in [9.17, 15) is 9.59 Å². The molecule has 5 heteroatoms. The molecule has 82 valence electrons. The summed E-state index contributed by atoms with van der Waals surface area (Å²) in [6.07, 6.45) is 0.339. The Morgan fingerprint density at radius 1 is 1.36 bits per heavy atom. The predicted octanol–water partition coefficient (Wildman–Crippen LogP) is 0.777. The third-order valence-corrected chi connectivity index (χ3v) is 1.27. The molecule has 0 saturated heterocycles. The fourth-order valence-corrected chi connectivity index (χ4v) is 0.767. The number of hydrogen-bond donors (Lipinski definition) is 2. The van der Waals surface area contributed by atoms with Crippen LogP contribution < -0.4 is 11.1 Å². The quantitative estimate of drug-likeness (QED) is 0.661. The van der Waals surface area contributed by atoms with E-state index in [-0.39, 0.29) is 12.3 Å². The van der Waals surface area contributed by atoms with Crippen LogP contribution in [-0.2, 0) is 9.53 Å². The van der Waals surface area contributed by atoms with Crippen molar-refractivity contribution in [3.63, 3.8) is 0 Å². The Bertz CT molecular complexity index is 209. The van der Waals surface area contributed by atoms with E-state index in [1.165, 1.54) is 0 Å². The van der Waals surface area contributed by atoms with Crippen molar-refractivity contribution in [2.75, 3.05) is 6.54 Å². The molecule has 0 spiro atoms. The van der Waals surface area contributed by atoms with Crippen LogP contribution in [0.15, 0.2) is 0 Å². The van der Waals surface area contributed by atoms with Crippen molar-refractivity contribution in [3.05, 3.63) is 0 Å². The van der Waals surface area contributed by atoms with Crippen LogP contribution in [0.1, 0.15) is 33.6 Å². The summed E-state index contributed by atoms with van der Waals surface area (Å²) >= 11 is 0. The lowest BCUT2D eigenvalue weighted by Gasteiger charge is -2.19.